The SMILES string of the molecule is COc1ncc(C)cc1NC(=O)C(C)n1nnnc1C(C)(C)C. The highest BCUT2D eigenvalue weighted by atomic mass is 16.5. The zero-order valence-corrected chi connectivity index (χ0v) is 14.3. The third-order valence-corrected chi connectivity index (χ3v) is 3.35. The largest absolute Gasteiger partial charge is 0.480 e. The summed E-state index contributed by atoms with van der Waals surface area (Å²) in [6.07, 6.45) is 1.68. The van der Waals surface area contributed by atoms with Crippen LogP contribution in [-0.2, 0) is 10.2 Å². The van der Waals surface area contributed by atoms with Crippen molar-refractivity contribution in [3.8, 4) is 5.88 Å². The molecule has 1 N–H and O–H groups in total. The molecule has 0 aliphatic rings. The number of carbonyl (C=O) groups is 1. The number of hydrogen-bond acceptors (Lipinski definition) is 6. The molecule has 1 unspecified atom stereocenters. The lowest BCUT2D eigenvalue weighted by atomic mass is 9.95. The highest BCUT2D eigenvalue weighted by Crippen LogP contribution is 2.25. The summed E-state index contributed by atoms with van der Waals surface area (Å²) in [4.78, 5) is 16.7. The van der Waals surface area contributed by atoms with Crippen LogP contribution >= 0.6 is 0 Å². The van der Waals surface area contributed by atoms with Gasteiger partial charge in [-0.25, -0.2) is 9.67 Å². The summed E-state index contributed by atoms with van der Waals surface area (Å²) in [6, 6.07) is 1.24. The lowest BCUT2D eigenvalue weighted by Crippen LogP contribution is -2.29. The Kier molecular flexibility index (Phi) is 4.63. The fourth-order valence-electron chi connectivity index (χ4n) is 2.11. The van der Waals surface area contributed by atoms with Gasteiger partial charge in [-0.3, -0.25) is 4.79 Å². The van der Waals surface area contributed by atoms with Crippen molar-refractivity contribution in [2.24, 2.45) is 0 Å². The van der Waals surface area contributed by atoms with Gasteiger partial charge in [0.1, 0.15) is 11.7 Å². The van der Waals surface area contributed by atoms with E-state index in [1.807, 2.05) is 27.7 Å². The normalized spacial score (nSPS) is 12.8. The lowest BCUT2D eigenvalue weighted by molar-refractivity contribution is -0.119. The number of pyridine rings is 1. The second-order valence-corrected chi connectivity index (χ2v) is 6.43. The van der Waals surface area contributed by atoms with Crippen LogP contribution in [-0.4, -0.2) is 38.2 Å². The molecule has 0 aromatic carbocycles. The van der Waals surface area contributed by atoms with Gasteiger partial charge in [-0.05, 0) is 35.9 Å². The minimum atomic E-state index is -0.565. The van der Waals surface area contributed by atoms with Crippen LogP contribution in [0.3, 0.4) is 0 Å². The van der Waals surface area contributed by atoms with Gasteiger partial charge in [0.2, 0.25) is 11.8 Å². The number of aryl methyl sites for hydroxylation is 1. The number of nitrogens with one attached hydrogen (secondary N) is 1. The lowest BCUT2D eigenvalue weighted by Gasteiger charge is -2.20. The van der Waals surface area contributed by atoms with Crippen LogP contribution in [0.2, 0.25) is 0 Å². The average molecular weight is 318 g/mol. The third kappa shape index (κ3) is 3.64. The van der Waals surface area contributed by atoms with Crippen LogP contribution in [0.15, 0.2) is 12.3 Å². The summed E-state index contributed by atoms with van der Waals surface area (Å²) in [7, 11) is 1.51. The van der Waals surface area contributed by atoms with Gasteiger partial charge >= 0.3 is 0 Å². The maximum absolute atomic E-state index is 12.6. The minimum Gasteiger partial charge on any atom is -0.480 e. The monoisotopic (exact) mass is 318 g/mol. The van der Waals surface area contributed by atoms with Gasteiger partial charge in [0.15, 0.2) is 5.82 Å². The molecule has 2 aromatic heterocycles. The smallest absolute Gasteiger partial charge is 0.249 e. The average Bonchev–Trinajstić information content (AvgIpc) is 2.96. The van der Waals surface area contributed by atoms with E-state index in [-0.39, 0.29) is 11.3 Å². The van der Waals surface area contributed by atoms with Gasteiger partial charge in [0.25, 0.3) is 0 Å². The molecule has 0 saturated carbocycles. The molecule has 0 radical (unpaired) electrons. The van der Waals surface area contributed by atoms with Gasteiger partial charge in [0, 0.05) is 11.6 Å². The molecule has 1 amide bonds. The number of methoxy groups -OCH3 is 1. The first-order chi connectivity index (χ1) is 10.7. The van der Waals surface area contributed by atoms with Crippen LogP contribution < -0.4 is 10.1 Å². The quantitative estimate of drug-likeness (QED) is 0.925. The molecule has 2 rings (SSSR count). The molecule has 8 nitrogen and oxygen atoms in total. The van der Waals surface area contributed by atoms with Crippen molar-refractivity contribution < 1.29 is 9.53 Å². The summed E-state index contributed by atoms with van der Waals surface area (Å²) in [6.45, 7) is 9.62. The Morgan fingerprint density at radius 3 is 2.70 bits per heavy atom. The Bertz CT molecular complexity index is 704. The number of carbonyl (C=O) groups excluding carboxylic acids is 1. The van der Waals surface area contributed by atoms with E-state index < -0.39 is 6.04 Å². The predicted octanol–water partition coefficient (Wildman–Crippen LogP) is 1.88. The maximum Gasteiger partial charge on any atom is 0.249 e. The molecule has 23 heavy (non-hydrogen) atoms. The molecular formula is C15H22N6O2. The number of anilines is 1. The van der Waals surface area contributed by atoms with Crippen LogP contribution in [0, 0.1) is 6.92 Å². The van der Waals surface area contributed by atoms with Gasteiger partial charge in [-0.15, -0.1) is 5.10 Å². The van der Waals surface area contributed by atoms with Crippen molar-refractivity contribution in [1.29, 1.82) is 0 Å². The van der Waals surface area contributed by atoms with E-state index in [4.69, 9.17) is 4.74 Å². The molecular weight excluding hydrogens is 296 g/mol. The van der Waals surface area contributed by atoms with E-state index in [2.05, 4.69) is 25.8 Å². The first kappa shape index (κ1) is 16.9. The number of aromatic nitrogens is 5. The number of hydrogen-bond donors (Lipinski definition) is 1. The summed E-state index contributed by atoms with van der Waals surface area (Å²) in [5, 5.41) is 14.5. The van der Waals surface area contributed by atoms with E-state index in [9.17, 15) is 4.79 Å². The molecule has 0 aliphatic heterocycles. The van der Waals surface area contributed by atoms with E-state index in [1.54, 1.807) is 19.2 Å². The second kappa shape index (κ2) is 6.31. The molecule has 2 aromatic rings. The van der Waals surface area contributed by atoms with Gasteiger partial charge in [-0.2, -0.15) is 0 Å². The molecule has 2 heterocycles. The zero-order valence-electron chi connectivity index (χ0n) is 14.3. The fraction of sp³-hybridized carbons (Fsp3) is 0.533. The van der Waals surface area contributed by atoms with Crippen LogP contribution in [0.4, 0.5) is 5.69 Å². The molecule has 8 heteroatoms. The topological polar surface area (TPSA) is 94.8 Å². The van der Waals surface area contributed by atoms with Crippen LogP contribution in [0.25, 0.3) is 0 Å². The second-order valence-electron chi connectivity index (χ2n) is 6.43. The van der Waals surface area contributed by atoms with Crippen molar-refractivity contribution in [3.63, 3.8) is 0 Å². The Morgan fingerprint density at radius 2 is 2.09 bits per heavy atom. The molecule has 0 spiro atoms. The summed E-state index contributed by atoms with van der Waals surface area (Å²) in [5.74, 6) is 0.770. The first-order valence-corrected chi connectivity index (χ1v) is 7.34. The summed E-state index contributed by atoms with van der Waals surface area (Å²) in [5.41, 5.74) is 1.18. The molecule has 0 fully saturated rings. The maximum atomic E-state index is 12.6. The van der Waals surface area contributed by atoms with Gasteiger partial charge < -0.3 is 10.1 Å². The standard InChI is InChI=1S/C15H22N6O2/c1-9-7-11(13(23-6)16-8-9)17-12(22)10(2)21-14(15(3,4)5)18-19-20-21/h7-8,10H,1-6H3,(H,17,22). The molecule has 124 valence electrons. The van der Waals surface area contributed by atoms with Gasteiger partial charge in [-0.1, -0.05) is 20.8 Å². The van der Waals surface area contributed by atoms with E-state index >= 15 is 0 Å². The van der Waals surface area contributed by atoms with Crippen molar-refractivity contribution in [2.45, 2.75) is 46.1 Å². The molecule has 0 saturated heterocycles. The number of tetrazole rings is 1. The number of nitrogens with zero attached hydrogens (tertiary/aromatic N) is 5. The molecule has 0 bridgehead atoms. The van der Waals surface area contributed by atoms with Crippen molar-refractivity contribution >= 4 is 11.6 Å². The number of amides is 1. The molecule has 0 aliphatic carbocycles. The van der Waals surface area contributed by atoms with Crippen molar-refractivity contribution in [3.05, 3.63) is 23.7 Å². The van der Waals surface area contributed by atoms with Gasteiger partial charge in [0.05, 0.1) is 7.11 Å². The third-order valence-electron chi connectivity index (χ3n) is 3.35. The van der Waals surface area contributed by atoms with E-state index in [1.165, 1.54) is 11.8 Å². The Hall–Kier alpha value is -2.51. The highest BCUT2D eigenvalue weighted by molar-refractivity contribution is 5.94. The number of ether oxygens (including phenoxy) is 1. The first-order valence-electron chi connectivity index (χ1n) is 7.34. The summed E-state index contributed by atoms with van der Waals surface area (Å²) >= 11 is 0. The number of rotatable bonds is 4. The van der Waals surface area contributed by atoms with E-state index in [0.29, 0.717) is 17.4 Å². The van der Waals surface area contributed by atoms with E-state index in [0.717, 1.165) is 5.56 Å². The Morgan fingerprint density at radius 1 is 1.39 bits per heavy atom. The highest BCUT2D eigenvalue weighted by Gasteiger charge is 2.28. The van der Waals surface area contributed by atoms with Crippen LogP contribution in [0.1, 0.15) is 45.1 Å². The summed E-state index contributed by atoms with van der Waals surface area (Å²) < 4.78 is 6.71. The van der Waals surface area contributed by atoms with Crippen molar-refractivity contribution in [2.75, 3.05) is 12.4 Å². The Balaban J connectivity index is 2.25. The minimum absolute atomic E-state index is 0.242. The Labute approximate surface area is 135 Å². The fourth-order valence-corrected chi connectivity index (χ4v) is 2.11. The van der Waals surface area contributed by atoms with Crippen molar-refractivity contribution in [1.82, 2.24) is 25.2 Å². The zero-order chi connectivity index (χ0) is 17.2. The molecule has 1 atom stereocenters. The van der Waals surface area contributed by atoms with Crippen LogP contribution in [0.5, 0.6) is 5.88 Å². The predicted molar refractivity (Wildman–Crippen MR) is 85.4 cm³/mol.